The first-order chi connectivity index (χ1) is 13.5. The first-order valence-corrected chi connectivity index (χ1v) is 8.97. The Labute approximate surface area is 163 Å². The molecule has 1 atom stereocenters. The number of ether oxygens (including phenoxy) is 1. The molecule has 0 aliphatic carbocycles. The van der Waals surface area contributed by atoms with E-state index in [4.69, 9.17) is 4.74 Å². The number of carbonyl (C=O) groups is 3. The fraction of sp³-hybridized carbons (Fsp3) is 0.273. The number of nitriles is 1. The van der Waals surface area contributed by atoms with E-state index in [0.29, 0.717) is 11.1 Å². The van der Waals surface area contributed by atoms with E-state index in [9.17, 15) is 19.6 Å². The molecule has 1 aliphatic heterocycles. The molecule has 0 bridgehead atoms. The third-order valence-corrected chi connectivity index (χ3v) is 5.05. The molecular weight excluding hydrogens is 356 g/mol. The molecule has 3 rings (SSSR count). The van der Waals surface area contributed by atoms with Crippen LogP contribution in [0.1, 0.15) is 34.3 Å². The minimum atomic E-state index is -0.746. The molecule has 1 fully saturated rings. The second kappa shape index (κ2) is 8.05. The summed E-state index contributed by atoms with van der Waals surface area (Å²) in [5, 5.41) is 9.20. The van der Waals surface area contributed by atoms with E-state index in [0.717, 1.165) is 16.7 Å². The standard InChI is InChI=1S/C22H20N2O4/c1-14-17(12-23)4-3-5-19(14)15-6-8-16(9-7-15)21(26)24-13-18(25)10-11-20(24)22(27)28-2/h3-9,20H,10-11,13H2,1-2H3/t20-/m0/s1. The molecule has 0 spiro atoms. The topological polar surface area (TPSA) is 87.5 Å². The molecule has 1 aliphatic rings. The highest BCUT2D eigenvalue weighted by atomic mass is 16.5. The predicted molar refractivity (Wildman–Crippen MR) is 102 cm³/mol. The molecule has 6 nitrogen and oxygen atoms in total. The smallest absolute Gasteiger partial charge is 0.328 e. The average Bonchev–Trinajstić information content (AvgIpc) is 2.73. The van der Waals surface area contributed by atoms with Crippen molar-refractivity contribution < 1.29 is 19.1 Å². The molecule has 2 aromatic rings. The van der Waals surface area contributed by atoms with E-state index in [1.54, 1.807) is 30.3 Å². The Bertz CT molecular complexity index is 973. The first kappa shape index (κ1) is 19.3. The number of hydrogen-bond acceptors (Lipinski definition) is 5. The molecule has 1 saturated heterocycles. The molecular formula is C22H20N2O4. The van der Waals surface area contributed by atoms with Gasteiger partial charge in [-0.3, -0.25) is 9.59 Å². The zero-order chi connectivity index (χ0) is 20.3. The maximum absolute atomic E-state index is 12.9. The predicted octanol–water partition coefficient (Wildman–Crippen LogP) is 2.88. The molecule has 28 heavy (non-hydrogen) atoms. The normalized spacial score (nSPS) is 16.4. The number of nitrogens with zero attached hydrogens (tertiary/aromatic N) is 2. The van der Waals surface area contributed by atoms with Crippen LogP contribution >= 0.6 is 0 Å². The van der Waals surface area contributed by atoms with Crippen LogP contribution in [0.2, 0.25) is 0 Å². The first-order valence-electron chi connectivity index (χ1n) is 8.97. The van der Waals surface area contributed by atoms with Gasteiger partial charge in [-0.1, -0.05) is 24.3 Å². The Balaban J connectivity index is 1.88. The number of Topliss-reactive ketones (excluding diaryl/α,β-unsaturated/α-hetero) is 1. The summed E-state index contributed by atoms with van der Waals surface area (Å²) in [6, 6.07) is 13.9. The monoisotopic (exact) mass is 376 g/mol. The van der Waals surface area contributed by atoms with E-state index in [-0.39, 0.29) is 31.1 Å². The number of hydrogen-bond donors (Lipinski definition) is 0. The van der Waals surface area contributed by atoms with Gasteiger partial charge in [0.05, 0.1) is 25.3 Å². The molecule has 0 saturated carbocycles. The summed E-state index contributed by atoms with van der Waals surface area (Å²) in [7, 11) is 1.27. The van der Waals surface area contributed by atoms with Crippen molar-refractivity contribution in [3.63, 3.8) is 0 Å². The number of ketones is 1. The van der Waals surface area contributed by atoms with Crippen LogP contribution in [0.4, 0.5) is 0 Å². The van der Waals surface area contributed by atoms with Gasteiger partial charge in [0.2, 0.25) is 0 Å². The number of methoxy groups -OCH3 is 1. The second-order valence-electron chi connectivity index (χ2n) is 6.72. The fourth-order valence-electron chi connectivity index (χ4n) is 3.45. The van der Waals surface area contributed by atoms with Crippen molar-refractivity contribution >= 4 is 17.7 Å². The maximum Gasteiger partial charge on any atom is 0.328 e. The third kappa shape index (κ3) is 3.65. The van der Waals surface area contributed by atoms with E-state index >= 15 is 0 Å². The molecule has 0 N–H and O–H groups in total. The Morgan fingerprint density at radius 3 is 2.54 bits per heavy atom. The van der Waals surface area contributed by atoms with Gasteiger partial charge in [0.1, 0.15) is 6.04 Å². The van der Waals surface area contributed by atoms with Gasteiger partial charge in [-0.25, -0.2) is 4.79 Å². The minimum absolute atomic E-state index is 0.0749. The zero-order valence-electron chi connectivity index (χ0n) is 15.8. The summed E-state index contributed by atoms with van der Waals surface area (Å²) in [6.45, 7) is 1.79. The molecule has 1 amide bonds. The number of piperidine rings is 1. The SMILES string of the molecule is COC(=O)[C@@H]1CCC(=O)CN1C(=O)c1ccc(-c2cccc(C#N)c2C)cc1. The molecule has 6 heteroatoms. The molecule has 2 aromatic carbocycles. The number of likely N-dealkylation sites (tertiary alicyclic amines) is 1. The van der Waals surface area contributed by atoms with Crippen LogP contribution in [0.25, 0.3) is 11.1 Å². The maximum atomic E-state index is 12.9. The van der Waals surface area contributed by atoms with Crippen LogP contribution in [0.15, 0.2) is 42.5 Å². The highest BCUT2D eigenvalue weighted by Crippen LogP contribution is 2.27. The van der Waals surface area contributed by atoms with Crippen LogP contribution in [-0.4, -0.2) is 42.3 Å². The number of rotatable bonds is 3. The van der Waals surface area contributed by atoms with Crippen molar-refractivity contribution in [1.29, 1.82) is 5.26 Å². The van der Waals surface area contributed by atoms with Gasteiger partial charge in [-0.2, -0.15) is 5.26 Å². The number of esters is 1. The van der Waals surface area contributed by atoms with Gasteiger partial charge in [0, 0.05) is 12.0 Å². The van der Waals surface area contributed by atoms with Crippen LogP contribution in [-0.2, 0) is 14.3 Å². The average molecular weight is 376 g/mol. The highest BCUT2D eigenvalue weighted by molar-refractivity contribution is 6.00. The van der Waals surface area contributed by atoms with E-state index in [1.165, 1.54) is 12.0 Å². The lowest BCUT2D eigenvalue weighted by molar-refractivity contribution is -0.148. The Morgan fingerprint density at radius 1 is 1.18 bits per heavy atom. The Morgan fingerprint density at radius 2 is 1.89 bits per heavy atom. The van der Waals surface area contributed by atoms with Crippen molar-refractivity contribution in [2.75, 3.05) is 13.7 Å². The van der Waals surface area contributed by atoms with Gasteiger partial charge < -0.3 is 9.64 Å². The summed E-state index contributed by atoms with van der Waals surface area (Å²) < 4.78 is 4.78. The summed E-state index contributed by atoms with van der Waals surface area (Å²) >= 11 is 0. The lowest BCUT2D eigenvalue weighted by Gasteiger charge is -2.33. The van der Waals surface area contributed by atoms with Crippen LogP contribution in [0.5, 0.6) is 0 Å². The van der Waals surface area contributed by atoms with Crippen molar-refractivity contribution in [1.82, 2.24) is 4.90 Å². The molecule has 0 unspecified atom stereocenters. The van der Waals surface area contributed by atoms with Crippen LogP contribution in [0.3, 0.4) is 0 Å². The van der Waals surface area contributed by atoms with Gasteiger partial charge in [0.25, 0.3) is 5.91 Å². The fourth-order valence-corrected chi connectivity index (χ4v) is 3.45. The van der Waals surface area contributed by atoms with Crippen LogP contribution < -0.4 is 0 Å². The van der Waals surface area contributed by atoms with E-state index in [1.807, 2.05) is 19.1 Å². The highest BCUT2D eigenvalue weighted by Gasteiger charge is 2.36. The molecule has 0 radical (unpaired) electrons. The molecule has 0 aromatic heterocycles. The van der Waals surface area contributed by atoms with Gasteiger partial charge in [-0.15, -0.1) is 0 Å². The summed E-state index contributed by atoms with van der Waals surface area (Å²) in [5.74, 6) is -0.965. The third-order valence-electron chi connectivity index (χ3n) is 5.05. The van der Waals surface area contributed by atoms with Crippen molar-refractivity contribution in [2.24, 2.45) is 0 Å². The lowest BCUT2D eigenvalue weighted by atomic mass is 9.95. The van der Waals surface area contributed by atoms with Crippen molar-refractivity contribution in [3.05, 3.63) is 59.2 Å². The second-order valence-corrected chi connectivity index (χ2v) is 6.72. The quantitative estimate of drug-likeness (QED) is 0.769. The van der Waals surface area contributed by atoms with Gasteiger partial charge >= 0.3 is 5.97 Å². The Kier molecular flexibility index (Phi) is 5.55. The minimum Gasteiger partial charge on any atom is -0.467 e. The van der Waals surface area contributed by atoms with Crippen LogP contribution in [0, 0.1) is 18.3 Å². The number of amides is 1. The van der Waals surface area contributed by atoms with Crippen molar-refractivity contribution in [2.45, 2.75) is 25.8 Å². The summed E-state index contributed by atoms with van der Waals surface area (Å²) in [5.41, 5.74) is 3.66. The van der Waals surface area contributed by atoms with Crippen molar-refractivity contribution in [3.8, 4) is 17.2 Å². The zero-order valence-corrected chi connectivity index (χ0v) is 15.8. The summed E-state index contributed by atoms with van der Waals surface area (Å²) in [4.78, 5) is 38.0. The molecule has 1 heterocycles. The van der Waals surface area contributed by atoms with Gasteiger partial charge in [-0.05, 0) is 48.2 Å². The number of carbonyl (C=O) groups excluding carboxylic acids is 3. The van der Waals surface area contributed by atoms with E-state index in [2.05, 4.69) is 6.07 Å². The van der Waals surface area contributed by atoms with E-state index < -0.39 is 12.0 Å². The summed E-state index contributed by atoms with van der Waals surface area (Å²) in [6.07, 6.45) is 0.534. The largest absolute Gasteiger partial charge is 0.467 e. The number of benzene rings is 2. The Hall–Kier alpha value is -3.46. The molecule has 142 valence electrons. The van der Waals surface area contributed by atoms with Gasteiger partial charge in [0.15, 0.2) is 5.78 Å². The lowest BCUT2D eigenvalue weighted by Crippen LogP contribution is -2.51.